The molecule has 2 rings (SSSR count). The molecule has 0 aliphatic rings. The van der Waals surface area contributed by atoms with Crippen molar-refractivity contribution in [3.8, 4) is 0 Å². The third kappa shape index (κ3) is 4.69. The monoisotopic (exact) mass is 364 g/mol. The Hall–Kier alpha value is -0.710. The van der Waals surface area contributed by atoms with Crippen LogP contribution in [0.3, 0.4) is 0 Å². The van der Waals surface area contributed by atoms with Gasteiger partial charge in [0.25, 0.3) is 0 Å². The molecule has 0 atom stereocenters. The van der Waals surface area contributed by atoms with E-state index in [9.17, 15) is 0 Å². The lowest BCUT2D eigenvalue weighted by Gasteiger charge is -2.11. The van der Waals surface area contributed by atoms with E-state index < -0.39 is 0 Å². The van der Waals surface area contributed by atoms with Crippen molar-refractivity contribution in [2.75, 3.05) is 10.6 Å². The Morgan fingerprint density at radius 3 is 1.25 bits per heavy atom. The summed E-state index contributed by atoms with van der Waals surface area (Å²) in [7, 11) is 0. The molecule has 0 aromatic heterocycles. The van der Waals surface area contributed by atoms with E-state index in [1.165, 1.54) is 0 Å². The van der Waals surface area contributed by atoms with Crippen LogP contribution in [-0.4, -0.2) is 5.11 Å². The second-order valence-electron chi connectivity index (χ2n) is 3.90. The van der Waals surface area contributed by atoms with Crippen molar-refractivity contribution in [1.82, 2.24) is 0 Å². The van der Waals surface area contributed by atoms with Gasteiger partial charge in [0, 0.05) is 31.5 Å². The molecule has 0 radical (unpaired) electrons. The van der Waals surface area contributed by atoms with Crippen LogP contribution in [0.25, 0.3) is 0 Å². The molecule has 0 bridgehead atoms. The average molecular weight is 366 g/mol. The Balaban J connectivity index is 2.08. The van der Waals surface area contributed by atoms with Gasteiger partial charge in [-0.1, -0.05) is 46.4 Å². The zero-order valence-corrected chi connectivity index (χ0v) is 13.7. The van der Waals surface area contributed by atoms with Gasteiger partial charge in [0.1, 0.15) is 0 Å². The summed E-state index contributed by atoms with van der Waals surface area (Å²) in [5.41, 5.74) is 1.38. The predicted octanol–water partition coefficient (Wildman–Crippen LogP) is 6.11. The first kappa shape index (κ1) is 15.7. The maximum atomic E-state index is 5.91. The maximum Gasteiger partial charge on any atom is 0.175 e. The van der Waals surface area contributed by atoms with Gasteiger partial charge >= 0.3 is 0 Å². The molecule has 7 heteroatoms. The van der Waals surface area contributed by atoms with Crippen LogP contribution >= 0.6 is 58.6 Å². The number of thiocarbonyl (C=S) groups is 1. The molecule has 2 aromatic carbocycles. The number of anilines is 2. The smallest absolute Gasteiger partial charge is 0.175 e. The molecule has 0 aliphatic heterocycles. The van der Waals surface area contributed by atoms with Crippen molar-refractivity contribution in [2.45, 2.75) is 0 Å². The van der Waals surface area contributed by atoms with Crippen LogP contribution in [0.4, 0.5) is 11.4 Å². The molecule has 2 nitrogen and oxygen atoms in total. The number of nitrogens with one attached hydrogen (secondary N) is 2. The third-order valence-corrected chi connectivity index (χ3v) is 3.32. The van der Waals surface area contributed by atoms with Gasteiger partial charge < -0.3 is 10.6 Å². The van der Waals surface area contributed by atoms with Crippen molar-refractivity contribution >= 4 is 75.1 Å². The number of hydrogen-bond donors (Lipinski definition) is 2. The second-order valence-corrected chi connectivity index (χ2v) is 6.05. The van der Waals surface area contributed by atoms with Crippen molar-refractivity contribution in [2.24, 2.45) is 0 Å². The van der Waals surface area contributed by atoms with E-state index in [1.54, 1.807) is 36.4 Å². The minimum Gasteiger partial charge on any atom is -0.332 e. The zero-order valence-electron chi connectivity index (χ0n) is 9.88. The molecule has 0 amide bonds. The van der Waals surface area contributed by atoms with Crippen LogP contribution in [0.1, 0.15) is 0 Å². The molecule has 20 heavy (non-hydrogen) atoms. The van der Waals surface area contributed by atoms with Crippen LogP contribution in [-0.2, 0) is 0 Å². The standard InChI is InChI=1S/C13H8Cl4N2S/c14-7-1-8(15)4-11(3-7)18-13(20)19-12-5-9(16)2-10(17)6-12/h1-6H,(H2,18,19,20). The summed E-state index contributed by atoms with van der Waals surface area (Å²) < 4.78 is 0. The lowest BCUT2D eigenvalue weighted by molar-refractivity contribution is 1.59. The molecule has 0 unspecified atom stereocenters. The lowest BCUT2D eigenvalue weighted by atomic mass is 10.3. The molecule has 104 valence electrons. The fourth-order valence-corrected chi connectivity index (χ4v) is 2.83. The average Bonchev–Trinajstić information content (AvgIpc) is 2.24. The van der Waals surface area contributed by atoms with Gasteiger partial charge in [-0.15, -0.1) is 0 Å². The summed E-state index contributed by atoms with van der Waals surface area (Å²) in [4.78, 5) is 0. The van der Waals surface area contributed by atoms with E-state index in [0.717, 1.165) is 0 Å². The lowest BCUT2D eigenvalue weighted by Crippen LogP contribution is -2.19. The van der Waals surface area contributed by atoms with Crippen molar-refractivity contribution in [3.05, 3.63) is 56.5 Å². The first-order valence-corrected chi connectivity index (χ1v) is 7.34. The number of hydrogen-bond acceptors (Lipinski definition) is 1. The first-order valence-electron chi connectivity index (χ1n) is 5.42. The highest BCUT2D eigenvalue weighted by atomic mass is 35.5. The van der Waals surface area contributed by atoms with Gasteiger partial charge in [0.15, 0.2) is 5.11 Å². The van der Waals surface area contributed by atoms with E-state index in [0.29, 0.717) is 36.6 Å². The molecular formula is C13H8Cl4N2S. The minimum absolute atomic E-state index is 0.377. The van der Waals surface area contributed by atoms with Gasteiger partial charge in [-0.3, -0.25) is 0 Å². The van der Waals surface area contributed by atoms with Crippen LogP contribution < -0.4 is 10.6 Å². The van der Waals surface area contributed by atoms with Crippen LogP contribution in [0.2, 0.25) is 20.1 Å². The van der Waals surface area contributed by atoms with E-state index in [4.69, 9.17) is 58.6 Å². The van der Waals surface area contributed by atoms with Gasteiger partial charge in [-0.25, -0.2) is 0 Å². The van der Waals surface area contributed by atoms with Gasteiger partial charge in [-0.2, -0.15) is 0 Å². The van der Waals surface area contributed by atoms with Crippen molar-refractivity contribution < 1.29 is 0 Å². The van der Waals surface area contributed by atoms with Gasteiger partial charge in [0.05, 0.1) is 0 Å². The summed E-state index contributed by atoms with van der Waals surface area (Å²) in [6, 6.07) is 10.1. The molecule has 0 fully saturated rings. The zero-order chi connectivity index (χ0) is 14.7. The maximum absolute atomic E-state index is 5.91. The molecule has 2 N–H and O–H groups in total. The largest absolute Gasteiger partial charge is 0.332 e. The quantitative estimate of drug-likeness (QED) is 0.628. The molecule has 0 heterocycles. The van der Waals surface area contributed by atoms with E-state index in [-0.39, 0.29) is 0 Å². The Morgan fingerprint density at radius 1 is 0.650 bits per heavy atom. The third-order valence-electron chi connectivity index (χ3n) is 2.24. The fourth-order valence-electron chi connectivity index (χ4n) is 1.55. The van der Waals surface area contributed by atoms with Crippen LogP contribution in [0.15, 0.2) is 36.4 Å². The molecule has 0 saturated carbocycles. The SMILES string of the molecule is S=C(Nc1cc(Cl)cc(Cl)c1)Nc1cc(Cl)cc(Cl)c1. The topological polar surface area (TPSA) is 24.1 Å². The van der Waals surface area contributed by atoms with E-state index >= 15 is 0 Å². The predicted molar refractivity (Wildman–Crippen MR) is 92.8 cm³/mol. The van der Waals surface area contributed by atoms with Crippen LogP contribution in [0.5, 0.6) is 0 Å². The van der Waals surface area contributed by atoms with Crippen molar-refractivity contribution in [3.63, 3.8) is 0 Å². The minimum atomic E-state index is 0.377. The molecule has 0 spiro atoms. The molecule has 0 aliphatic carbocycles. The number of rotatable bonds is 2. The van der Waals surface area contributed by atoms with E-state index in [2.05, 4.69) is 10.6 Å². The van der Waals surface area contributed by atoms with Crippen LogP contribution in [0, 0.1) is 0 Å². The molecule has 0 saturated heterocycles. The molecule has 2 aromatic rings. The Bertz CT molecular complexity index is 565. The summed E-state index contributed by atoms with van der Waals surface area (Å²) in [5, 5.41) is 8.42. The summed E-state index contributed by atoms with van der Waals surface area (Å²) >= 11 is 28.8. The Kier molecular flexibility index (Phi) is 5.35. The normalized spacial score (nSPS) is 10.2. The summed E-state index contributed by atoms with van der Waals surface area (Å²) in [5.74, 6) is 0. The summed E-state index contributed by atoms with van der Waals surface area (Å²) in [6.07, 6.45) is 0. The highest BCUT2D eigenvalue weighted by Crippen LogP contribution is 2.24. The molecular weight excluding hydrogens is 358 g/mol. The summed E-state index contributed by atoms with van der Waals surface area (Å²) in [6.45, 7) is 0. The van der Waals surface area contributed by atoms with Crippen molar-refractivity contribution in [1.29, 1.82) is 0 Å². The Labute approximate surface area is 142 Å². The fraction of sp³-hybridized carbons (Fsp3) is 0. The number of benzene rings is 2. The second kappa shape index (κ2) is 6.83. The van der Waals surface area contributed by atoms with E-state index in [1.807, 2.05) is 0 Å². The highest BCUT2D eigenvalue weighted by molar-refractivity contribution is 7.80. The number of halogens is 4. The van der Waals surface area contributed by atoms with Gasteiger partial charge in [0.2, 0.25) is 0 Å². The Morgan fingerprint density at radius 2 is 0.950 bits per heavy atom. The highest BCUT2D eigenvalue weighted by Gasteiger charge is 2.03. The van der Waals surface area contributed by atoms with Gasteiger partial charge in [-0.05, 0) is 48.6 Å². The first-order chi connectivity index (χ1) is 9.42.